The summed E-state index contributed by atoms with van der Waals surface area (Å²) in [7, 11) is 1.47. The summed E-state index contributed by atoms with van der Waals surface area (Å²) in [5.41, 5.74) is 3.86. The van der Waals surface area contributed by atoms with Crippen LogP contribution in [0.1, 0.15) is 18.1 Å². The normalized spacial score (nSPS) is 10.6. The maximum atomic E-state index is 12.2. The van der Waals surface area contributed by atoms with E-state index in [4.69, 9.17) is 37.4 Å². The van der Waals surface area contributed by atoms with Gasteiger partial charge in [0, 0.05) is 10.6 Å². The SMILES string of the molecule is CCOc1ccccc1NC(=O)C(=O)N/N=C\c1cc(Cl)c(OCc2ccccc2Cl)c(OC)c1. The van der Waals surface area contributed by atoms with Crippen LogP contribution in [0.4, 0.5) is 5.69 Å². The van der Waals surface area contributed by atoms with Gasteiger partial charge < -0.3 is 19.5 Å². The summed E-state index contributed by atoms with van der Waals surface area (Å²) in [6.07, 6.45) is 1.32. The van der Waals surface area contributed by atoms with Crippen LogP contribution in [0.5, 0.6) is 17.2 Å². The summed E-state index contributed by atoms with van der Waals surface area (Å²) in [5, 5.41) is 7.17. The number of rotatable bonds is 9. The number of para-hydroxylation sites is 2. The molecule has 0 heterocycles. The summed E-state index contributed by atoms with van der Waals surface area (Å²) >= 11 is 12.5. The molecule has 0 spiro atoms. The highest BCUT2D eigenvalue weighted by Gasteiger charge is 2.16. The molecule has 10 heteroatoms. The smallest absolute Gasteiger partial charge is 0.329 e. The number of nitrogens with one attached hydrogen (secondary N) is 2. The molecular weight excluding hydrogens is 493 g/mol. The molecule has 2 amide bonds. The quantitative estimate of drug-likeness (QED) is 0.235. The van der Waals surface area contributed by atoms with Crippen molar-refractivity contribution in [2.75, 3.05) is 19.0 Å². The van der Waals surface area contributed by atoms with Gasteiger partial charge in [0.25, 0.3) is 0 Å². The Kier molecular flexibility index (Phi) is 9.34. The molecule has 0 fully saturated rings. The largest absolute Gasteiger partial charge is 0.493 e. The Morgan fingerprint density at radius 3 is 2.43 bits per heavy atom. The lowest BCUT2D eigenvalue weighted by Crippen LogP contribution is -2.32. The van der Waals surface area contributed by atoms with E-state index in [2.05, 4.69) is 15.8 Å². The van der Waals surface area contributed by atoms with Crippen LogP contribution >= 0.6 is 23.2 Å². The molecule has 8 nitrogen and oxygen atoms in total. The molecule has 0 radical (unpaired) electrons. The number of benzene rings is 3. The van der Waals surface area contributed by atoms with Gasteiger partial charge in [-0.25, -0.2) is 5.43 Å². The van der Waals surface area contributed by atoms with Crippen LogP contribution in [0.15, 0.2) is 65.8 Å². The van der Waals surface area contributed by atoms with Gasteiger partial charge in [0.05, 0.1) is 30.6 Å². The molecule has 3 rings (SSSR count). The van der Waals surface area contributed by atoms with E-state index in [1.54, 1.807) is 42.5 Å². The van der Waals surface area contributed by atoms with Crippen molar-refractivity contribution in [2.45, 2.75) is 13.5 Å². The number of ether oxygens (including phenoxy) is 3. The van der Waals surface area contributed by atoms with Crippen molar-refractivity contribution in [1.29, 1.82) is 0 Å². The van der Waals surface area contributed by atoms with Gasteiger partial charge in [-0.05, 0) is 42.8 Å². The van der Waals surface area contributed by atoms with E-state index < -0.39 is 11.8 Å². The number of halogens is 2. The lowest BCUT2D eigenvalue weighted by molar-refractivity contribution is -0.136. The molecule has 35 heavy (non-hydrogen) atoms. The van der Waals surface area contributed by atoms with E-state index in [1.807, 2.05) is 25.1 Å². The summed E-state index contributed by atoms with van der Waals surface area (Å²) in [5.74, 6) is -0.693. The van der Waals surface area contributed by atoms with Crippen molar-refractivity contribution >= 4 is 46.9 Å². The van der Waals surface area contributed by atoms with E-state index in [-0.39, 0.29) is 11.6 Å². The minimum atomic E-state index is -0.953. The van der Waals surface area contributed by atoms with E-state index in [0.717, 1.165) is 5.56 Å². The second kappa shape index (κ2) is 12.6. The van der Waals surface area contributed by atoms with E-state index in [1.165, 1.54) is 13.3 Å². The van der Waals surface area contributed by atoms with Crippen LogP contribution in [0.3, 0.4) is 0 Å². The topological polar surface area (TPSA) is 98.2 Å². The Labute approximate surface area is 212 Å². The predicted octanol–water partition coefficient (Wildman–Crippen LogP) is 5.07. The Morgan fingerprint density at radius 2 is 1.69 bits per heavy atom. The number of hydrogen-bond acceptors (Lipinski definition) is 6. The van der Waals surface area contributed by atoms with Gasteiger partial charge in [-0.2, -0.15) is 5.10 Å². The zero-order valence-electron chi connectivity index (χ0n) is 19.0. The number of carbonyl (C=O) groups excluding carboxylic acids is 2. The van der Waals surface area contributed by atoms with Gasteiger partial charge in [0.15, 0.2) is 11.5 Å². The first-order chi connectivity index (χ1) is 16.9. The third kappa shape index (κ3) is 7.11. The minimum Gasteiger partial charge on any atom is -0.493 e. The number of nitrogens with zero attached hydrogens (tertiary/aromatic N) is 1. The van der Waals surface area contributed by atoms with E-state index >= 15 is 0 Å². The third-order valence-electron chi connectivity index (χ3n) is 4.60. The number of carbonyl (C=O) groups is 2. The van der Waals surface area contributed by atoms with Gasteiger partial charge in [-0.1, -0.05) is 53.5 Å². The molecule has 0 atom stereocenters. The highest BCUT2D eigenvalue weighted by molar-refractivity contribution is 6.39. The number of hydrazone groups is 1. The van der Waals surface area contributed by atoms with Crippen molar-refractivity contribution in [2.24, 2.45) is 5.10 Å². The first kappa shape index (κ1) is 25.9. The number of amides is 2. The Balaban J connectivity index is 1.63. The molecule has 0 aromatic heterocycles. The van der Waals surface area contributed by atoms with Gasteiger partial charge in [-0.15, -0.1) is 0 Å². The van der Waals surface area contributed by atoms with E-state index in [0.29, 0.717) is 40.1 Å². The Morgan fingerprint density at radius 1 is 0.943 bits per heavy atom. The number of anilines is 1. The molecule has 0 bridgehead atoms. The standard InChI is InChI=1S/C25H23Cl2N3O5/c1-3-34-21-11-7-6-10-20(21)29-24(31)25(32)30-28-14-16-12-19(27)23(22(13-16)33-2)35-15-17-8-4-5-9-18(17)26/h4-14H,3,15H2,1-2H3,(H,29,31)(H,30,32)/b28-14-. The summed E-state index contributed by atoms with van der Waals surface area (Å²) in [6, 6.07) is 17.3. The first-order valence-corrected chi connectivity index (χ1v) is 11.3. The summed E-state index contributed by atoms with van der Waals surface area (Å²) < 4.78 is 16.6. The highest BCUT2D eigenvalue weighted by Crippen LogP contribution is 2.37. The molecule has 182 valence electrons. The molecule has 0 unspecified atom stereocenters. The zero-order chi connectivity index (χ0) is 25.2. The van der Waals surface area contributed by atoms with Crippen LogP contribution in [-0.2, 0) is 16.2 Å². The van der Waals surface area contributed by atoms with Crippen molar-refractivity contribution < 1.29 is 23.8 Å². The second-order valence-corrected chi connectivity index (χ2v) is 7.81. The fourth-order valence-corrected chi connectivity index (χ4v) is 3.43. The monoisotopic (exact) mass is 515 g/mol. The fraction of sp³-hybridized carbons (Fsp3) is 0.160. The van der Waals surface area contributed by atoms with Crippen LogP contribution in [0, 0.1) is 0 Å². The molecule has 2 N–H and O–H groups in total. The van der Waals surface area contributed by atoms with Gasteiger partial charge in [-0.3, -0.25) is 9.59 Å². The number of hydrogen-bond donors (Lipinski definition) is 2. The third-order valence-corrected chi connectivity index (χ3v) is 5.25. The maximum Gasteiger partial charge on any atom is 0.329 e. The summed E-state index contributed by atoms with van der Waals surface area (Å²) in [6.45, 7) is 2.43. The van der Waals surface area contributed by atoms with Crippen LogP contribution in [0.25, 0.3) is 0 Å². The van der Waals surface area contributed by atoms with Gasteiger partial charge >= 0.3 is 11.8 Å². The average molecular weight is 516 g/mol. The number of methoxy groups -OCH3 is 1. The second-order valence-electron chi connectivity index (χ2n) is 7.00. The van der Waals surface area contributed by atoms with E-state index in [9.17, 15) is 9.59 Å². The van der Waals surface area contributed by atoms with Crippen LogP contribution in [0.2, 0.25) is 10.0 Å². The van der Waals surface area contributed by atoms with Gasteiger partial charge in [0.1, 0.15) is 12.4 Å². The Bertz CT molecular complexity index is 1230. The molecule has 3 aromatic carbocycles. The molecule has 3 aromatic rings. The minimum absolute atomic E-state index is 0.195. The van der Waals surface area contributed by atoms with Crippen molar-refractivity contribution in [3.8, 4) is 17.2 Å². The maximum absolute atomic E-state index is 12.2. The fourth-order valence-electron chi connectivity index (χ4n) is 2.97. The lowest BCUT2D eigenvalue weighted by Gasteiger charge is -2.14. The molecular formula is C25H23Cl2N3O5. The molecule has 0 saturated heterocycles. The average Bonchev–Trinajstić information content (AvgIpc) is 2.85. The predicted molar refractivity (Wildman–Crippen MR) is 136 cm³/mol. The van der Waals surface area contributed by atoms with Crippen molar-refractivity contribution in [3.63, 3.8) is 0 Å². The molecule has 0 aliphatic carbocycles. The molecule has 0 aliphatic rings. The van der Waals surface area contributed by atoms with Gasteiger partial charge in [0.2, 0.25) is 0 Å². The van der Waals surface area contributed by atoms with Crippen molar-refractivity contribution in [3.05, 3.63) is 81.8 Å². The first-order valence-electron chi connectivity index (χ1n) is 10.5. The Hall–Kier alpha value is -3.75. The zero-order valence-corrected chi connectivity index (χ0v) is 20.5. The lowest BCUT2D eigenvalue weighted by atomic mass is 10.2. The van der Waals surface area contributed by atoms with Crippen LogP contribution in [-0.4, -0.2) is 31.7 Å². The highest BCUT2D eigenvalue weighted by atomic mass is 35.5. The molecule has 0 saturated carbocycles. The summed E-state index contributed by atoms with van der Waals surface area (Å²) in [4.78, 5) is 24.3. The van der Waals surface area contributed by atoms with Crippen molar-refractivity contribution in [1.82, 2.24) is 5.43 Å². The molecule has 0 aliphatic heterocycles. The van der Waals surface area contributed by atoms with Crippen LogP contribution < -0.4 is 25.0 Å².